The van der Waals surface area contributed by atoms with Gasteiger partial charge in [0, 0.05) is 17.0 Å². The summed E-state index contributed by atoms with van der Waals surface area (Å²) in [6, 6.07) is 5.18. The summed E-state index contributed by atoms with van der Waals surface area (Å²) in [4.78, 5) is 3.75. The molecule has 2 N–H and O–H groups in total. The highest BCUT2D eigenvalue weighted by Crippen LogP contribution is 2.40. The van der Waals surface area contributed by atoms with Gasteiger partial charge in [0.15, 0.2) is 0 Å². The maximum absolute atomic E-state index is 6.34. The highest BCUT2D eigenvalue weighted by Gasteiger charge is 2.35. The summed E-state index contributed by atoms with van der Waals surface area (Å²) in [5, 5.41) is 0. The molecule has 0 spiro atoms. The fourth-order valence-corrected chi connectivity index (χ4v) is 3.88. The number of hydrogen-bond acceptors (Lipinski definition) is 3. The minimum Gasteiger partial charge on any atom is -0.326 e. The SMILES string of the molecule is CCC(N)C(c1ccc(Cl)s1)N(C)C(C)C1CC1. The maximum Gasteiger partial charge on any atom is 0.0931 e. The van der Waals surface area contributed by atoms with E-state index in [0.717, 1.165) is 16.7 Å². The predicted octanol–water partition coefficient (Wildman–Crippen LogP) is 3.91. The zero-order valence-corrected chi connectivity index (χ0v) is 13.0. The molecule has 0 aliphatic heterocycles. The summed E-state index contributed by atoms with van der Waals surface area (Å²) in [5.41, 5.74) is 6.34. The third-order valence-electron chi connectivity index (χ3n) is 4.15. The summed E-state index contributed by atoms with van der Waals surface area (Å²) >= 11 is 7.73. The van der Waals surface area contributed by atoms with E-state index in [-0.39, 0.29) is 6.04 Å². The third kappa shape index (κ3) is 3.08. The molecule has 0 bridgehead atoms. The van der Waals surface area contributed by atoms with Gasteiger partial charge in [-0.2, -0.15) is 0 Å². The van der Waals surface area contributed by atoms with Gasteiger partial charge in [-0.15, -0.1) is 11.3 Å². The molecule has 3 atom stereocenters. The number of likely N-dealkylation sites (N-methyl/N-ethyl adjacent to an activating group) is 1. The van der Waals surface area contributed by atoms with Crippen LogP contribution in [-0.2, 0) is 0 Å². The van der Waals surface area contributed by atoms with Crippen LogP contribution in [0.25, 0.3) is 0 Å². The highest BCUT2D eigenvalue weighted by molar-refractivity contribution is 7.16. The fraction of sp³-hybridized carbons (Fsp3) is 0.714. The summed E-state index contributed by atoms with van der Waals surface area (Å²) in [6.45, 7) is 4.48. The zero-order valence-electron chi connectivity index (χ0n) is 11.4. The van der Waals surface area contributed by atoms with Crippen molar-refractivity contribution in [2.45, 2.75) is 51.2 Å². The second-order valence-corrected chi connectivity index (χ2v) is 7.15. The molecule has 1 aromatic rings. The van der Waals surface area contributed by atoms with Crippen molar-refractivity contribution in [3.05, 3.63) is 21.3 Å². The first-order chi connectivity index (χ1) is 8.54. The Morgan fingerprint density at radius 2 is 2.17 bits per heavy atom. The van der Waals surface area contributed by atoms with E-state index in [1.165, 1.54) is 17.7 Å². The molecule has 0 amide bonds. The Bertz CT molecular complexity index is 389. The van der Waals surface area contributed by atoms with Gasteiger partial charge < -0.3 is 5.73 Å². The van der Waals surface area contributed by atoms with Crippen molar-refractivity contribution in [2.24, 2.45) is 11.7 Å². The Hall–Kier alpha value is -0.0900. The van der Waals surface area contributed by atoms with Crippen LogP contribution in [0.3, 0.4) is 0 Å². The summed E-state index contributed by atoms with van der Waals surface area (Å²) in [6.07, 6.45) is 3.72. The Kier molecular flexibility index (Phi) is 4.70. The molecule has 1 heterocycles. The normalized spacial score (nSPS) is 21.0. The number of nitrogens with zero attached hydrogens (tertiary/aromatic N) is 1. The van der Waals surface area contributed by atoms with Crippen LogP contribution in [0.1, 0.15) is 44.0 Å². The Labute approximate surface area is 119 Å². The summed E-state index contributed by atoms with van der Waals surface area (Å²) < 4.78 is 0.853. The minimum absolute atomic E-state index is 0.172. The molecule has 1 aliphatic carbocycles. The molecule has 1 aliphatic rings. The van der Waals surface area contributed by atoms with Gasteiger partial charge in [-0.25, -0.2) is 0 Å². The Morgan fingerprint density at radius 1 is 1.50 bits per heavy atom. The first-order valence-electron chi connectivity index (χ1n) is 6.77. The molecule has 1 fully saturated rings. The lowest BCUT2D eigenvalue weighted by Gasteiger charge is -2.36. The molecule has 0 aromatic carbocycles. The topological polar surface area (TPSA) is 29.3 Å². The first kappa shape index (κ1) is 14.3. The van der Waals surface area contributed by atoms with E-state index in [1.807, 2.05) is 6.07 Å². The highest BCUT2D eigenvalue weighted by atomic mass is 35.5. The van der Waals surface area contributed by atoms with Gasteiger partial charge in [-0.05, 0) is 51.3 Å². The van der Waals surface area contributed by atoms with Gasteiger partial charge >= 0.3 is 0 Å². The largest absolute Gasteiger partial charge is 0.326 e. The van der Waals surface area contributed by atoms with Gasteiger partial charge in [0.25, 0.3) is 0 Å². The Balaban J connectivity index is 2.18. The van der Waals surface area contributed by atoms with Crippen LogP contribution in [0.2, 0.25) is 4.34 Å². The van der Waals surface area contributed by atoms with E-state index < -0.39 is 0 Å². The van der Waals surface area contributed by atoms with Crippen molar-refractivity contribution in [3.8, 4) is 0 Å². The van der Waals surface area contributed by atoms with Gasteiger partial charge in [-0.3, -0.25) is 4.90 Å². The van der Waals surface area contributed by atoms with Crippen LogP contribution in [0.15, 0.2) is 12.1 Å². The molecular formula is C14H23ClN2S. The van der Waals surface area contributed by atoms with E-state index in [0.29, 0.717) is 12.1 Å². The number of halogens is 1. The van der Waals surface area contributed by atoms with E-state index in [4.69, 9.17) is 17.3 Å². The quantitative estimate of drug-likeness (QED) is 0.859. The van der Waals surface area contributed by atoms with Crippen LogP contribution in [0, 0.1) is 5.92 Å². The average molecular weight is 287 g/mol. The van der Waals surface area contributed by atoms with E-state index in [1.54, 1.807) is 11.3 Å². The fourth-order valence-electron chi connectivity index (χ4n) is 2.59. The molecular weight excluding hydrogens is 264 g/mol. The number of thiophene rings is 1. The molecule has 0 saturated heterocycles. The lowest BCUT2D eigenvalue weighted by Crippen LogP contribution is -2.43. The average Bonchev–Trinajstić information content (AvgIpc) is 3.12. The smallest absolute Gasteiger partial charge is 0.0931 e. The van der Waals surface area contributed by atoms with E-state index in [2.05, 4.69) is 31.9 Å². The van der Waals surface area contributed by atoms with Crippen LogP contribution < -0.4 is 5.73 Å². The van der Waals surface area contributed by atoms with Crippen LogP contribution in [-0.4, -0.2) is 24.0 Å². The molecule has 1 aromatic heterocycles. The molecule has 4 heteroatoms. The molecule has 2 nitrogen and oxygen atoms in total. The van der Waals surface area contributed by atoms with Crippen molar-refractivity contribution in [2.75, 3.05) is 7.05 Å². The van der Waals surface area contributed by atoms with Gasteiger partial charge in [0.2, 0.25) is 0 Å². The van der Waals surface area contributed by atoms with Crippen molar-refractivity contribution >= 4 is 22.9 Å². The van der Waals surface area contributed by atoms with Crippen LogP contribution >= 0.6 is 22.9 Å². The van der Waals surface area contributed by atoms with Crippen molar-refractivity contribution in [3.63, 3.8) is 0 Å². The molecule has 18 heavy (non-hydrogen) atoms. The van der Waals surface area contributed by atoms with Crippen molar-refractivity contribution in [1.29, 1.82) is 0 Å². The zero-order chi connectivity index (χ0) is 13.3. The van der Waals surface area contributed by atoms with Crippen LogP contribution in [0.4, 0.5) is 0 Å². The summed E-state index contributed by atoms with van der Waals surface area (Å²) in [5.74, 6) is 0.858. The second kappa shape index (κ2) is 5.91. The van der Waals surface area contributed by atoms with E-state index in [9.17, 15) is 0 Å². The number of nitrogens with two attached hydrogens (primary N) is 1. The molecule has 3 unspecified atom stereocenters. The number of hydrogen-bond donors (Lipinski definition) is 1. The lowest BCUT2D eigenvalue weighted by molar-refractivity contribution is 0.146. The molecule has 2 rings (SSSR count). The molecule has 102 valence electrons. The van der Waals surface area contributed by atoms with E-state index >= 15 is 0 Å². The predicted molar refractivity (Wildman–Crippen MR) is 80.3 cm³/mol. The van der Waals surface area contributed by atoms with Gasteiger partial charge in [0.1, 0.15) is 0 Å². The molecule has 0 radical (unpaired) electrons. The first-order valence-corrected chi connectivity index (χ1v) is 7.96. The number of rotatable bonds is 6. The van der Waals surface area contributed by atoms with Crippen molar-refractivity contribution in [1.82, 2.24) is 4.90 Å². The second-order valence-electron chi connectivity index (χ2n) is 5.40. The third-order valence-corrected chi connectivity index (χ3v) is 5.45. The van der Waals surface area contributed by atoms with Crippen molar-refractivity contribution < 1.29 is 0 Å². The van der Waals surface area contributed by atoms with Gasteiger partial charge in [0.05, 0.1) is 10.4 Å². The standard InChI is InChI=1S/C14H23ClN2S/c1-4-11(16)14(12-7-8-13(15)18-12)17(3)9(2)10-5-6-10/h7-11,14H,4-6,16H2,1-3H3. The monoisotopic (exact) mass is 286 g/mol. The molecule has 1 saturated carbocycles. The Morgan fingerprint density at radius 3 is 2.61 bits per heavy atom. The van der Waals surface area contributed by atoms with Crippen LogP contribution in [0.5, 0.6) is 0 Å². The van der Waals surface area contributed by atoms with Gasteiger partial charge in [-0.1, -0.05) is 18.5 Å². The minimum atomic E-state index is 0.172. The summed E-state index contributed by atoms with van der Waals surface area (Å²) in [7, 11) is 2.21. The lowest BCUT2D eigenvalue weighted by atomic mass is 10.0. The maximum atomic E-state index is 6.34.